The Balaban J connectivity index is 1.56. The van der Waals surface area contributed by atoms with Gasteiger partial charge < -0.3 is 4.90 Å². The van der Waals surface area contributed by atoms with E-state index in [4.69, 9.17) is 0 Å². The van der Waals surface area contributed by atoms with Crippen molar-refractivity contribution in [3.63, 3.8) is 0 Å². The molecular formula is C19H18N2O4S. The van der Waals surface area contributed by atoms with Crippen LogP contribution in [0.3, 0.4) is 0 Å². The van der Waals surface area contributed by atoms with Crippen LogP contribution in [0.15, 0.2) is 59.5 Å². The van der Waals surface area contributed by atoms with E-state index in [0.29, 0.717) is 10.8 Å². The van der Waals surface area contributed by atoms with Gasteiger partial charge in [0, 0.05) is 12.6 Å². The van der Waals surface area contributed by atoms with Gasteiger partial charge in [-0.2, -0.15) is 0 Å². The Morgan fingerprint density at radius 3 is 2.35 bits per heavy atom. The van der Waals surface area contributed by atoms with E-state index in [9.17, 15) is 18.0 Å². The summed E-state index contributed by atoms with van der Waals surface area (Å²) in [5.74, 6) is -0.981. The predicted molar refractivity (Wildman–Crippen MR) is 94.7 cm³/mol. The first-order chi connectivity index (χ1) is 12.5. The van der Waals surface area contributed by atoms with E-state index in [1.165, 1.54) is 12.1 Å². The highest BCUT2D eigenvalue weighted by atomic mass is 32.2. The van der Waals surface area contributed by atoms with Crippen molar-refractivity contribution in [2.24, 2.45) is 0 Å². The van der Waals surface area contributed by atoms with Crippen LogP contribution in [-0.4, -0.2) is 42.0 Å². The largest absolute Gasteiger partial charge is 0.334 e. The van der Waals surface area contributed by atoms with Gasteiger partial charge in [0.25, 0.3) is 15.9 Å². The predicted octanol–water partition coefficient (Wildman–Crippen LogP) is 2.02. The minimum absolute atomic E-state index is 0.0289. The molecule has 1 fully saturated rings. The van der Waals surface area contributed by atoms with Gasteiger partial charge in [-0.05, 0) is 30.5 Å². The van der Waals surface area contributed by atoms with Crippen LogP contribution in [0, 0.1) is 0 Å². The van der Waals surface area contributed by atoms with Gasteiger partial charge in [-0.1, -0.05) is 42.5 Å². The van der Waals surface area contributed by atoms with Crippen LogP contribution in [0.1, 0.15) is 28.8 Å². The zero-order valence-corrected chi connectivity index (χ0v) is 14.9. The number of carbonyl (C=O) groups is 2. The molecule has 2 amide bonds. The third kappa shape index (κ3) is 2.88. The summed E-state index contributed by atoms with van der Waals surface area (Å²) < 4.78 is 26.0. The molecule has 7 heteroatoms. The van der Waals surface area contributed by atoms with Crippen molar-refractivity contribution in [2.75, 3.05) is 6.54 Å². The molecule has 134 valence electrons. The third-order valence-corrected chi connectivity index (χ3v) is 6.48. The summed E-state index contributed by atoms with van der Waals surface area (Å²) in [4.78, 5) is 27.0. The fourth-order valence-electron chi connectivity index (χ4n) is 3.19. The van der Waals surface area contributed by atoms with Crippen LogP contribution in [0.25, 0.3) is 0 Å². The van der Waals surface area contributed by atoms with E-state index in [2.05, 4.69) is 0 Å². The molecule has 0 unspecified atom stereocenters. The van der Waals surface area contributed by atoms with Crippen LogP contribution in [0.4, 0.5) is 0 Å². The number of hydrogen-bond donors (Lipinski definition) is 0. The average Bonchev–Trinajstić information content (AvgIpc) is 3.46. The average molecular weight is 370 g/mol. The minimum atomic E-state index is -3.97. The van der Waals surface area contributed by atoms with Crippen molar-refractivity contribution in [1.82, 2.24) is 9.21 Å². The van der Waals surface area contributed by atoms with Crippen molar-refractivity contribution in [2.45, 2.75) is 30.3 Å². The highest BCUT2D eigenvalue weighted by Crippen LogP contribution is 2.32. The Morgan fingerprint density at radius 2 is 1.69 bits per heavy atom. The molecular weight excluding hydrogens is 352 g/mol. The molecule has 2 aromatic carbocycles. The number of hydrogen-bond acceptors (Lipinski definition) is 4. The lowest BCUT2D eigenvalue weighted by atomic mass is 10.2. The molecule has 0 aromatic heterocycles. The smallest absolute Gasteiger partial charge is 0.269 e. The lowest BCUT2D eigenvalue weighted by Gasteiger charge is -2.25. The maximum Gasteiger partial charge on any atom is 0.269 e. The van der Waals surface area contributed by atoms with Crippen molar-refractivity contribution in [3.05, 3.63) is 65.7 Å². The molecule has 0 spiro atoms. The molecule has 26 heavy (non-hydrogen) atoms. The van der Waals surface area contributed by atoms with Crippen molar-refractivity contribution < 1.29 is 18.0 Å². The first kappa shape index (κ1) is 16.8. The Hall–Kier alpha value is -2.67. The zero-order chi connectivity index (χ0) is 18.3. The number of nitrogens with zero attached hydrogens (tertiary/aromatic N) is 2. The molecule has 6 nitrogen and oxygen atoms in total. The first-order valence-electron chi connectivity index (χ1n) is 8.48. The van der Waals surface area contributed by atoms with E-state index in [1.807, 2.05) is 30.3 Å². The third-order valence-electron chi connectivity index (χ3n) is 4.69. The Bertz CT molecular complexity index is 968. The van der Waals surface area contributed by atoms with E-state index in [-0.39, 0.29) is 22.4 Å². The highest BCUT2D eigenvalue weighted by Gasteiger charge is 2.43. The van der Waals surface area contributed by atoms with Crippen LogP contribution < -0.4 is 0 Å². The number of amides is 2. The van der Waals surface area contributed by atoms with Crippen LogP contribution in [-0.2, 0) is 21.4 Å². The molecule has 1 heterocycles. The molecule has 1 aliphatic carbocycles. The van der Waals surface area contributed by atoms with Gasteiger partial charge in [0.1, 0.15) is 11.4 Å². The quantitative estimate of drug-likeness (QED) is 0.807. The molecule has 2 aromatic rings. The van der Waals surface area contributed by atoms with Crippen molar-refractivity contribution in [1.29, 1.82) is 0 Å². The van der Waals surface area contributed by atoms with Crippen molar-refractivity contribution >= 4 is 21.8 Å². The molecule has 1 saturated carbocycles. The van der Waals surface area contributed by atoms with Crippen LogP contribution >= 0.6 is 0 Å². The molecule has 0 saturated heterocycles. The second-order valence-electron chi connectivity index (χ2n) is 6.55. The molecule has 0 N–H and O–H groups in total. The first-order valence-corrected chi connectivity index (χ1v) is 9.92. The summed E-state index contributed by atoms with van der Waals surface area (Å²) in [6, 6.07) is 15.7. The fraction of sp³-hybridized carbons (Fsp3) is 0.263. The van der Waals surface area contributed by atoms with Crippen LogP contribution in [0.2, 0.25) is 0 Å². The molecule has 0 atom stereocenters. The van der Waals surface area contributed by atoms with E-state index in [1.54, 1.807) is 17.0 Å². The maximum absolute atomic E-state index is 12.8. The number of carbonyl (C=O) groups excluding carboxylic acids is 2. The van der Waals surface area contributed by atoms with E-state index >= 15 is 0 Å². The summed E-state index contributed by atoms with van der Waals surface area (Å²) in [5.41, 5.74) is 1.10. The molecule has 0 bridgehead atoms. The number of fused-ring (bicyclic) bond motifs is 1. The molecule has 1 aliphatic heterocycles. The zero-order valence-electron chi connectivity index (χ0n) is 14.0. The Morgan fingerprint density at radius 1 is 1.04 bits per heavy atom. The number of rotatable bonds is 5. The summed E-state index contributed by atoms with van der Waals surface area (Å²) in [7, 11) is -3.97. The Labute approximate surface area is 152 Å². The summed E-state index contributed by atoms with van der Waals surface area (Å²) in [6.07, 6.45) is 1.80. The van der Waals surface area contributed by atoms with Crippen LogP contribution in [0.5, 0.6) is 0 Å². The normalized spacial score (nSPS) is 17.8. The topological polar surface area (TPSA) is 74.8 Å². The number of sulfonamides is 1. The minimum Gasteiger partial charge on any atom is -0.334 e. The highest BCUT2D eigenvalue weighted by molar-refractivity contribution is 7.90. The van der Waals surface area contributed by atoms with Gasteiger partial charge in [-0.25, -0.2) is 12.7 Å². The van der Waals surface area contributed by atoms with Gasteiger partial charge in [-0.3, -0.25) is 9.59 Å². The second-order valence-corrected chi connectivity index (χ2v) is 8.38. The van der Waals surface area contributed by atoms with Gasteiger partial charge in [0.15, 0.2) is 0 Å². The van der Waals surface area contributed by atoms with Gasteiger partial charge in [-0.15, -0.1) is 0 Å². The SMILES string of the molecule is O=C(CN1C(=O)c2ccccc2S1(=O)=O)N(Cc1ccccc1)C1CC1. The molecule has 2 aliphatic rings. The lowest BCUT2D eigenvalue weighted by Crippen LogP contribution is -2.43. The summed E-state index contributed by atoms with van der Waals surface area (Å²) >= 11 is 0. The molecule has 4 rings (SSSR count). The van der Waals surface area contributed by atoms with E-state index < -0.39 is 22.5 Å². The molecule has 0 radical (unpaired) electrons. The van der Waals surface area contributed by atoms with E-state index in [0.717, 1.165) is 18.4 Å². The number of benzene rings is 2. The summed E-state index contributed by atoms with van der Waals surface area (Å²) in [6.45, 7) is -0.0431. The lowest BCUT2D eigenvalue weighted by molar-refractivity contribution is -0.132. The fourth-order valence-corrected chi connectivity index (χ4v) is 4.71. The van der Waals surface area contributed by atoms with Gasteiger partial charge in [0.05, 0.1) is 5.56 Å². The van der Waals surface area contributed by atoms with Crippen molar-refractivity contribution in [3.8, 4) is 0 Å². The monoisotopic (exact) mass is 370 g/mol. The van der Waals surface area contributed by atoms with Gasteiger partial charge >= 0.3 is 0 Å². The standard InChI is InChI=1S/C19H18N2O4S/c22-18(20(15-10-11-15)12-14-6-2-1-3-7-14)13-21-19(23)16-8-4-5-9-17(16)26(21,24)25/h1-9,15H,10-13H2. The summed E-state index contributed by atoms with van der Waals surface area (Å²) in [5, 5.41) is 0. The maximum atomic E-state index is 12.8. The van der Waals surface area contributed by atoms with Gasteiger partial charge in [0.2, 0.25) is 5.91 Å². The second kappa shape index (κ2) is 6.25. The Kier molecular flexibility index (Phi) is 4.03.